The number of ether oxygens (including phenoxy) is 2. The van der Waals surface area contributed by atoms with Crippen molar-refractivity contribution in [3.63, 3.8) is 0 Å². The van der Waals surface area contributed by atoms with Crippen molar-refractivity contribution in [2.45, 2.75) is 20.3 Å². The molecule has 25 heavy (non-hydrogen) atoms. The van der Waals surface area contributed by atoms with Crippen LogP contribution in [-0.2, 0) is 9.59 Å². The van der Waals surface area contributed by atoms with Gasteiger partial charge in [-0.05, 0) is 43.3 Å². The van der Waals surface area contributed by atoms with E-state index in [9.17, 15) is 9.59 Å². The first-order valence-corrected chi connectivity index (χ1v) is 8.10. The van der Waals surface area contributed by atoms with Crippen LogP contribution in [0.25, 0.3) is 0 Å². The lowest BCUT2D eigenvalue weighted by atomic mass is 10.2. The van der Waals surface area contributed by atoms with Crippen LogP contribution in [0.4, 0.5) is 11.4 Å². The molecule has 0 atom stereocenters. The summed E-state index contributed by atoms with van der Waals surface area (Å²) in [5.74, 6) is 0.998. The van der Waals surface area contributed by atoms with Gasteiger partial charge in [-0.1, -0.05) is 12.1 Å². The van der Waals surface area contributed by atoms with Crippen molar-refractivity contribution in [1.82, 2.24) is 0 Å². The summed E-state index contributed by atoms with van der Waals surface area (Å²) in [5.41, 5.74) is 1.34. The first-order chi connectivity index (χ1) is 12.1. The molecule has 0 aliphatic rings. The first kappa shape index (κ1) is 18.3. The standard InChI is InChI=1S/C19H22N2O4/c1-3-24-17-6-4-5-7-18(17)25-13-12-19(23)21-16-10-8-15(9-11-16)20-14(2)22/h4-11H,3,12-13H2,1-2H3,(H,20,22)(H,21,23). The normalized spacial score (nSPS) is 10.0. The minimum atomic E-state index is -0.152. The van der Waals surface area contributed by atoms with Crippen LogP contribution in [-0.4, -0.2) is 25.0 Å². The number of rotatable bonds is 8. The third-order valence-electron chi connectivity index (χ3n) is 3.22. The molecular formula is C19H22N2O4. The second kappa shape index (κ2) is 9.32. The van der Waals surface area contributed by atoms with E-state index in [4.69, 9.17) is 9.47 Å². The molecule has 0 bridgehead atoms. The highest BCUT2D eigenvalue weighted by Crippen LogP contribution is 2.26. The summed E-state index contributed by atoms with van der Waals surface area (Å²) in [6.07, 6.45) is 0.216. The highest BCUT2D eigenvalue weighted by atomic mass is 16.5. The van der Waals surface area contributed by atoms with Gasteiger partial charge in [0.15, 0.2) is 11.5 Å². The molecule has 2 amide bonds. The molecule has 0 fully saturated rings. The van der Waals surface area contributed by atoms with Crippen molar-refractivity contribution in [2.75, 3.05) is 23.8 Å². The smallest absolute Gasteiger partial charge is 0.227 e. The summed E-state index contributed by atoms with van der Waals surface area (Å²) >= 11 is 0. The van der Waals surface area contributed by atoms with Gasteiger partial charge in [0, 0.05) is 18.3 Å². The van der Waals surface area contributed by atoms with Gasteiger partial charge in [0.1, 0.15) is 0 Å². The quantitative estimate of drug-likeness (QED) is 0.770. The zero-order valence-corrected chi connectivity index (χ0v) is 14.4. The molecule has 2 rings (SSSR count). The predicted molar refractivity (Wildman–Crippen MR) is 97.1 cm³/mol. The Morgan fingerprint density at radius 3 is 2.00 bits per heavy atom. The van der Waals surface area contributed by atoms with Crippen LogP contribution in [0.15, 0.2) is 48.5 Å². The monoisotopic (exact) mass is 342 g/mol. The van der Waals surface area contributed by atoms with Gasteiger partial charge in [0.05, 0.1) is 19.6 Å². The van der Waals surface area contributed by atoms with E-state index in [0.717, 1.165) is 0 Å². The van der Waals surface area contributed by atoms with E-state index in [-0.39, 0.29) is 24.8 Å². The van der Waals surface area contributed by atoms with Crippen LogP contribution >= 0.6 is 0 Å². The predicted octanol–water partition coefficient (Wildman–Crippen LogP) is 3.45. The van der Waals surface area contributed by atoms with Crippen LogP contribution in [0, 0.1) is 0 Å². The van der Waals surface area contributed by atoms with Crippen molar-refractivity contribution in [1.29, 1.82) is 0 Å². The van der Waals surface area contributed by atoms with Crippen LogP contribution in [0.5, 0.6) is 11.5 Å². The zero-order valence-electron chi connectivity index (χ0n) is 14.4. The molecule has 2 aromatic carbocycles. The molecule has 0 aliphatic heterocycles. The number of hydrogen-bond donors (Lipinski definition) is 2. The maximum absolute atomic E-state index is 12.0. The van der Waals surface area contributed by atoms with Crippen LogP contribution < -0.4 is 20.1 Å². The summed E-state index contributed by atoms with van der Waals surface area (Å²) in [6, 6.07) is 14.3. The molecule has 6 nitrogen and oxygen atoms in total. The summed E-state index contributed by atoms with van der Waals surface area (Å²) in [4.78, 5) is 23.0. The SMILES string of the molecule is CCOc1ccccc1OCCC(=O)Nc1ccc(NC(C)=O)cc1. The molecule has 0 saturated carbocycles. The minimum Gasteiger partial charge on any atom is -0.490 e. The van der Waals surface area contributed by atoms with Gasteiger partial charge in [-0.2, -0.15) is 0 Å². The second-order valence-corrected chi connectivity index (χ2v) is 5.28. The number of amides is 2. The van der Waals surface area contributed by atoms with Crippen molar-refractivity contribution in [2.24, 2.45) is 0 Å². The lowest BCUT2D eigenvalue weighted by Gasteiger charge is -2.11. The molecular weight excluding hydrogens is 320 g/mol. The maximum atomic E-state index is 12.0. The number of carbonyl (C=O) groups excluding carboxylic acids is 2. The zero-order chi connectivity index (χ0) is 18.1. The van der Waals surface area contributed by atoms with Gasteiger partial charge in [-0.25, -0.2) is 0 Å². The fourth-order valence-electron chi connectivity index (χ4n) is 2.16. The van der Waals surface area contributed by atoms with Crippen molar-refractivity contribution >= 4 is 23.2 Å². The summed E-state index contributed by atoms with van der Waals surface area (Å²) in [6.45, 7) is 4.15. The third kappa shape index (κ3) is 6.18. The Morgan fingerprint density at radius 1 is 0.880 bits per heavy atom. The summed E-state index contributed by atoms with van der Waals surface area (Å²) < 4.78 is 11.1. The van der Waals surface area contributed by atoms with Gasteiger partial charge in [-0.3, -0.25) is 9.59 Å². The lowest BCUT2D eigenvalue weighted by molar-refractivity contribution is -0.116. The van der Waals surface area contributed by atoms with E-state index >= 15 is 0 Å². The fraction of sp³-hybridized carbons (Fsp3) is 0.263. The number of anilines is 2. The topological polar surface area (TPSA) is 76.7 Å². The Labute approximate surface area is 147 Å². The Hall–Kier alpha value is -3.02. The molecule has 0 aliphatic carbocycles. The Balaban J connectivity index is 1.80. The van der Waals surface area contributed by atoms with Gasteiger partial charge in [0.2, 0.25) is 11.8 Å². The van der Waals surface area contributed by atoms with E-state index in [1.165, 1.54) is 6.92 Å². The molecule has 2 N–H and O–H groups in total. The van der Waals surface area contributed by atoms with Crippen molar-refractivity contribution in [3.8, 4) is 11.5 Å². The number of para-hydroxylation sites is 2. The van der Waals surface area contributed by atoms with Crippen LogP contribution in [0.3, 0.4) is 0 Å². The fourth-order valence-corrected chi connectivity index (χ4v) is 2.16. The molecule has 0 saturated heterocycles. The highest BCUT2D eigenvalue weighted by molar-refractivity contribution is 5.92. The average Bonchev–Trinajstić information content (AvgIpc) is 2.58. The summed E-state index contributed by atoms with van der Waals surface area (Å²) in [5, 5.41) is 5.46. The molecule has 2 aromatic rings. The Bertz CT molecular complexity index is 714. The van der Waals surface area contributed by atoms with Gasteiger partial charge in [0.25, 0.3) is 0 Å². The first-order valence-electron chi connectivity index (χ1n) is 8.10. The van der Waals surface area contributed by atoms with E-state index in [1.54, 1.807) is 24.3 Å². The number of benzene rings is 2. The lowest BCUT2D eigenvalue weighted by Crippen LogP contribution is -2.15. The van der Waals surface area contributed by atoms with E-state index in [2.05, 4.69) is 10.6 Å². The molecule has 6 heteroatoms. The van der Waals surface area contributed by atoms with Crippen LogP contribution in [0.1, 0.15) is 20.3 Å². The third-order valence-corrected chi connectivity index (χ3v) is 3.22. The largest absolute Gasteiger partial charge is 0.490 e. The van der Waals surface area contributed by atoms with Crippen molar-refractivity contribution < 1.29 is 19.1 Å². The molecule has 132 valence electrons. The second-order valence-electron chi connectivity index (χ2n) is 5.28. The minimum absolute atomic E-state index is 0.138. The van der Waals surface area contributed by atoms with E-state index in [0.29, 0.717) is 29.5 Å². The average molecular weight is 342 g/mol. The molecule has 0 unspecified atom stereocenters. The molecule has 0 heterocycles. The van der Waals surface area contributed by atoms with Gasteiger partial charge < -0.3 is 20.1 Å². The summed E-state index contributed by atoms with van der Waals surface area (Å²) in [7, 11) is 0. The van der Waals surface area contributed by atoms with Crippen molar-refractivity contribution in [3.05, 3.63) is 48.5 Å². The number of carbonyl (C=O) groups is 2. The number of nitrogens with one attached hydrogen (secondary N) is 2. The Morgan fingerprint density at radius 2 is 1.44 bits per heavy atom. The van der Waals surface area contributed by atoms with Gasteiger partial charge >= 0.3 is 0 Å². The van der Waals surface area contributed by atoms with Gasteiger partial charge in [-0.15, -0.1) is 0 Å². The maximum Gasteiger partial charge on any atom is 0.227 e. The molecule has 0 spiro atoms. The van der Waals surface area contributed by atoms with E-state index < -0.39 is 0 Å². The number of hydrogen-bond acceptors (Lipinski definition) is 4. The molecule has 0 aromatic heterocycles. The molecule has 0 radical (unpaired) electrons. The van der Waals surface area contributed by atoms with Crippen LogP contribution in [0.2, 0.25) is 0 Å². The highest BCUT2D eigenvalue weighted by Gasteiger charge is 2.06. The van der Waals surface area contributed by atoms with E-state index in [1.807, 2.05) is 31.2 Å². The Kier molecular flexibility index (Phi) is 6.83.